The van der Waals surface area contributed by atoms with Crippen LogP contribution in [0.3, 0.4) is 0 Å². The van der Waals surface area contributed by atoms with Crippen molar-refractivity contribution in [2.45, 2.75) is 70.6 Å². The molecule has 0 radical (unpaired) electrons. The van der Waals surface area contributed by atoms with Crippen LogP contribution >= 0.6 is 0 Å². The fraction of sp³-hybridized carbons (Fsp3) is 0.538. The van der Waals surface area contributed by atoms with Crippen molar-refractivity contribution in [2.75, 3.05) is 21.2 Å². The molecule has 1 fully saturated rings. The van der Waals surface area contributed by atoms with E-state index in [9.17, 15) is 0 Å². The first-order valence-corrected chi connectivity index (χ1v) is 11.7. The van der Waals surface area contributed by atoms with E-state index in [1.807, 2.05) is 0 Å². The number of methoxy groups -OCH3 is 1. The number of fused-ring (bicyclic) bond motifs is 6. The molecule has 2 aliphatic heterocycles. The maximum absolute atomic E-state index is 5.60. The highest BCUT2D eigenvalue weighted by Gasteiger charge is 2.41. The Morgan fingerprint density at radius 3 is 2.69 bits per heavy atom. The Bertz CT molecular complexity index is 1140. The van der Waals surface area contributed by atoms with E-state index in [0.717, 1.165) is 36.6 Å². The average Bonchev–Trinajstić information content (AvgIpc) is 3.28. The predicted octanol–water partition coefficient (Wildman–Crippen LogP) is 4.36. The lowest BCUT2D eigenvalue weighted by atomic mass is 9.93. The van der Waals surface area contributed by atoms with Crippen LogP contribution in [-0.2, 0) is 24.9 Å². The van der Waals surface area contributed by atoms with Gasteiger partial charge in [0.1, 0.15) is 5.75 Å². The molecule has 0 amide bonds. The minimum Gasteiger partial charge on any atom is -0.496 e. The van der Waals surface area contributed by atoms with Crippen molar-refractivity contribution < 1.29 is 4.74 Å². The van der Waals surface area contributed by atoms with E-state index in [-0.39, 0.29) is 5.41 Å². The monoisotopic (exact) mass is 433 g/mol. The van der Waals surface area contributed by atoms with Gasteiger partial charge in [-0.1, -0.05) is 26.8 Å². The Kier molecular flexibility index (Phi) is 5.25. The lowest BCUT2D eigenvalue weighted by Gasteiger charge is -2.36. The molecule has 170 valence electrons. The van der Waals surface area contributed by atoms with Gasteiger partial charge in [0.2, 0.25) is 0 Å². The van der Waals surface area contributed by atoms with Crippen molar-refractivity contribution in [1.29, 1.82) is 0 Å². The lowest BCUT2D eigenvalue weighted by Crippen LogP contribution is -2.38. The summed E-state index contributed by atoms with van der Waals surface area (Å²) in [6, 6.07) is 9.78. The van der Waals surface area contributed by atoms with E-state index in [1.54, 1.807) is 7.11 Å². The van der Waals surface area contributed by atoms with Crippen LogP contribution in [0.2, 0.25) is 0 Å². The van der Waals surface area contributed by atoms with Gasteiger partial charge in [-0.05, 0) is 44.6 Å². The summed E-state index contributed by atoms with van der Waals surface area (Å²) in [6.45, 7) is 8.48. The highest BCUT2D eigenvalue weighted by molar-refractivity contribution is 5.46. The van der Waals surface area contributed by atoms with Crippen molar-refractivity contribution in [3.8, 4) is 5.75 Å². The van der Waals surface area contributed by atoms with Gasteiger partial charge in [-0.2, -0.15) is 5.10 Å². The molecular weight excluding hydrogens is 398 g/mol. The summed E-state index contributed by atoms with van der Waals surface area (Å²) < 4.78 is 7.73. The molecule has 1 saturated heterocycles. The van der Waals surface area contributed by atoms with Crippen molar-refractivity contribution >= 4 is 5.65 Å². The zero-order valence-electron chi connectivity index (χ0n) is 20.2. The maximum Gasteiger partial charge on any atom is 0.155 e. The summed E-state index contributed by atoms with van der Waals surface area (Å²) in [4.78, 5) is 9.68. The molecule has 2 aliphatic rings. The molecule has 0 spiro atoms. The molecule has 3 aromatic rings. The summed E-state index contributed by atoms with van der Waals surface area (Å²) in [7, 11) is 5.95. The van der Waals surface area contributed by atoms with Crippen LogP contribution in [0.15, 0.2) is 30.5 Å². The van der Waals surface area contributed by atoms with Gasteiger partial charge in [0.15, 0.2) is 5.65 Å². The van der Waals surface area contributed by atoms with E-state index >= 15 is 0 Å². The van der Waals surface area contributed by atoms with E-state index in [0.29, 0.717) is 12.1 Å². The van der Waals surface area contributed by atoms with E-state index in [2.05, 4.69) is 79.6 Å². The summed E-state index contributed by atoms with van der Waals surface area (Å²) in [6.07, 6.45) is 5.58. The SMILES string of the molecule is COc1ccc(CN2[C@H]3CC[C@@H]2c2cnc4cc(C(C)(C)C)nn4c2C3)cc1CN(C)C. The van der Waals surface area contributed by atoms with Gasteiger partial charge in [0.25, 0.3) is 0 Å². The average molecular weight is 434 g/mol. The molecule has 5 rings (SSSR count). The van der Waals surface area contributed by atoms with Crippen molar-refractivity contribution in [2.24, 2.45) is 0 Å². The number of hydrogen-bond donors (Lipinski definition) is 0. The summed E-state index contributed by atoms with van der Waals surface area (Å²) >= 11 is 0. The van der Waals surface area contributed by atoms with Crippen LogP contribution in [0.4, 0.5) is 0 Å². The number of benzene rings is 1. The summed E-state index contributed by atoms with van der Waals surface area (Å²) in [5, 5.41) is 4.98. The highest BCUT2D eigenvalue weighted by atomic mass is 16.5. The molecule has 6 nitrogen and oxygen atoms in total. The molecule has 4 heterocycles. The van der Waals surface area contributed by atoms with Crippen molar-refractivity contribution in [3.63, 3.8) is 0 Å². The Morgan fingerprint density at radius 1 is 1.16 bits per heavy atom. The van der Waals surface area contributed by atoms with Crippen molar-refractivity contribution in [3.05, 3.63) is 58.5 Å². The first kappa shape index (κ1) is 21.4. The van der Waals surface area contributed by atoms with Gasteiger partial charge >= 0.3 is 0 Å². The Balaban J connectivity index is 1.46. The normalized spacial score (nSPS) is 20.8. The van der Waals surface area contributed by atoms with Crippen molar-refractivity contribution in [1.82, 2.24) is 24.4 Å². The van der Waals surface area contributed by atoms with Crippen LogP contribution < -0.4 is 4.74 Å². The van der Waals surface area contributed by atoms with Crippen LogP contribution in [-0.4, -0.2) is 51.6 Å². The van der Waals surface area contributed by atoms with Gasteiger partial charge in [-0.3, -0.25) is 4.90 Å². The second kappa shape index (κ2) is 7.85. The number of rotatable bonds is 5. The Labute approximate surface area is 191 Å². The molecule has 2 bridgehead atoms. The third-order valence-electron chi connectivity index (χ3n) is 7.01. The minimum atomic E-state index is 0.0267. The molecule has 2 aromatic heterocycles. The number of nitrogens with zero attached hydrogens (tertiary/aromatic N) is 5. The summed E-state index contributed by atoms with van der Waals surface area (Å²) in [5.41, 5.74) is 7.43. The molecule has 1 aromatic carbocycles. The standard InChI is InChI=1S/C26H35N5O/c1-26(2,3)24-13-25-27-14-20-21-9-8-19(12-22(20)31(25)28-24)30(21)15-17-7-10-23(32-6)18(11-17)16-29(4)5/h7,10-11,13-14,19,21H,8-9,12,15-16H2,1-6H3/t19-,21+/m0/s1. The van der Waals surface area contributed by atoms with Gasteiger partial charge in [-0.15, -0.1) is 0 Å². The zero-order valence-corrected chi connectivity index (χ0v) is 20.2. The van der Waals surface area contributed by atoms with Gasteiger partial charge in [-0.25, -0.2) is 9.50 Å². The first-order valence-electron chi connectivity index (χ1n) is 11.7. The molecule has 0 aliphatic carbocycles. The topological polar surface area (TPSA) is 45.9 Å². The smallest absolute Gasteiger partial charge is 0.155 e. The number of ether oxygens (including phenoxy) is 1. The fourth-order valence-corrected chi connectivity index (χ4v) is 5.40. The second-order valence-corrected chi connectivity index (χ2v) is 10.7. The van der Waals surface area contributed by atoms with E-state index < -0.39 is 0 Å². The zero-order chi connectivity index (χ0) is 22.6. The molecule has 0 saturated carbocycles. The molecule has 6 heteroatoms. The molecule has 0 unspecified atom stereocenters. The fourth-order valence-electron chi connectivity index (χ4n) is 5.40. The van der Waals surface area contributed by atoms with Crippen LogP contribution in [0, 0.1) is 0 Å². The third-order valence-corrected chi connectivity index (χ3v) is 7.01. The Hall–Kier alpha value is -2.44. The largest absolute Gasteiger partial charge is 0.496 e. The van der Waals surface area contributed by atoms with Crippen LogP contribution in [0.1, 0.15) is 67.7 Å². The lowest BCUT2D eigenvalue weighted by molar-refractivity contribution is 0.165. The summed E-state index contributed by atoms with van der Waals surface area (Å²) in [5.74, 6) is 0.967. The predicted molar refractivity (Wildman–Crippen MR) is 127 cm³/mol. The van der Waals surface area contributed by atoms with E-state index in [4.69, 9.17) is 14.8 Å². The Morgan fingerprint density at radius 2 is 1.97 bits per heavy atom. The second-order valence-electron chi connectivity index (χ2n) is 10.7. The number of hydrogen-bond acceptors (Lipinski definition) is 5. The molecule has 2 atom stereocenters. The number of aromatic nitrogens is 3. The quantitative estimate of drug-likeness (QED) is 0.598. The maximum atomic E-state index is 5.60. The van der Waals surface area contributed by atoms with Crippen LogP contribution in [0.5, 0.6) is 5.75 Å². The first-order chi connectivity index (χ1) is 15.2. The van der Waals surface area contributed by atoms with E-state index in [1.165, 1.54) is 35.2 Å². The molecule has 32 heavy (non-hydrogen) atoms. The molecule has 0 N–H and O–H groups in total. The van der Waals surface area contributed by atoms with Crippen LogP contribution in [0.25, 0.3) is 5.65 Å². The third kappa shape index (κ3) is 3.69. The highest BCUT2D eigenvalue weighted by Crippen LogP contribution is 2.44. The van der Waals surface area contributed by atoms with Gasteiger partial charge in [0, 0.05) is 60.4 Å². The van der Waals surface area contributed by atoms with Gasteiger partial charge in [0.05, 0.1) is 18.5 Å². The van der Waals surface area contributed by atoms with Gasteiger partial charge < -0.3 is 9.64 Å². The minimum absolute atomic E-state index is 0.0267. The molecular formula is C26H35N5O.